The Morgan fingerprint density at radius 1 is 1.29 bits per heavy atom. The molecule has 0 bridgehead atoms. The maximum atomic E-state index is 12.8. The van der Waals surface area contributed by atoms with Crippen molar-refractivity contribution in [3.8, 4) is 0 Å². The molecule has 4 aliphatic carbocycles. The summed E-state index contributed by atoms with van der Waals surface area (Å²) in [4.78, 5) is 12.8. The Morgan fingerprint density at radius 2 is 2.06 bits per heavy atom. The summed E-state index contributed by atoms with van der Waals surface area (Å²) in [6.07, 6.45) is 15.1. The summed E-state index contributed by atoms with van der Waals surface area (Å²) in [6.45, 7) is 3.66. The topological polar surface area (TPSA) is 26.3 Å². The standard InChI is InChI=1S/C25H26ClF3O2/c1-23(2)19(14-20(26)25(27,28)29)21(23)22(30)31-15-16-8-7-13-24-12-6-5-10-17(24)9-3-4-11-18(16)24/h5-10,12,14,19,21H,3-4,11,13,15H2,1-2H3/t19-,21-,24?/m0/s1. The van der Waals surface area contributed by atoms with E-state index in [1.54, 1.807) is 13.8 Å². The van der Waals surface area contributed by atoms with Gasteiger partial charge in [-0.05, 0) is 53.7 Å². The molecular weight excluding hydrogens is 425 g/mol. The van der Waals surface area contributed by atoms with Crippen molar-refractivity contribution in [2.45, 2.75) is 45.7 Å². The second-order valence-electron chi connectivity index (χ2n) is 9.30. The number of esters is 1. The van der Waals surface area contributed by atoms with E-state index in [-0.39, 0.29) is 12.0 Å². The predicted molar refractivity (Wildman–Crippen MR) is 115 cm³/mol. The first kappa shape index (κ1) is 22.2. The molecule has 0 amide bonds. The van der Waals surface area contributed by atoms with Crippen molar-refractivity contribution in [2.75, 3.05) is 6.61 Å². The lowest BCUT2D eigenvalue weighted by Gasteiger charge is -2.38. The quantitative estimate of drug-likeness (QED) is 0.432. The Hall–Kier alpha value is -2.01. The number of carbonyl (C=O) groups is 1. The van der Waals surface area contributed by atoms with Crippen LogP contribution in [0.3, 0.4) is 0 Å². The van der Waals surface area contributed by atoms with Crippen molar-refractivity contribution in [2.24, 2.45) is 22.7 Å². The summed E-state index contributed by atoms with van der Waals surface area (Å²) in [6, 6.07) is 0. The van der Waals surface area contributed by atoms with Crippen LogP contribution < -0.4 is 0 Å². The van der Waals surface area contributed by atoms with Crippen molar-refractivity contribution in [3.63, 3.8) is 0 Å². The molecular formula is C25H26ClF3O2. The Bertz CT molecular complexity index is 962. The van der Waals surface area contributed by atoms with Crippen molar-refractivity contribution in [1.29, 1.82) is 0 Å². The summed E-state index contributed by atoms with van der Waals surface area (Å²) < 4.78 is 44.0. The van der Waals surface area contributed by atoms with Crippen LogP contribution in [0, 0.1) is 22.7 Å². The van der Waals surface area contributed by atoms with E-state index in [0.29, 0.717) is 0 Å². The molecule has 2 nitrogen and oxygen atoms in total. The van der Waals surface area contributed by atoms with E-state index in [1.807, 2.05) is 12.2 Å². The molecule has 166 valence electrons. The van der Waals surface area contributed by atoms with Gasteiger partial charge in [0, 0.05) is 5.41 Å². The highest BCUT2D eigenvalue weighted by molar-refractivity contribution is 6.30. The Morgan fingerprint density at radius 3 is 2.81 bits per heavy atom. The Balaban J connectivity index is 1.51. The van der Waals surface area contributed by atoms with Gasteiger partial charge in [-0.2, -0.15) is 13.2 Å². The van der Waals surface area contributed by atoms with Gasteiger partial charge < -0.3 is 4.74 Å². The van der Waals surface area contributed by atoms with Crippen LogP contribution in [-0.2, 0) is 9.53 Å². The van der Waals surface area contributed by atoms with Crippen LogP contribution in [0.1, 0.15) is 39.5 Å². The fourth-order valence-corrected chi connectivity index (χ4v) is 5.35. The summed E-state index contributed by atoms with van der Waals surface area (Å²) in [5, 5.41) is -1.18. The molecule has 0 aromatic rings. The van der Waals surface area contributed by atoms with Crippen LogP contribution in [0.15, 0.2) is 70.4 Å². The molecule has 0 N–H and O–H groups in total. The maximum Gasteiger partial charge on any atom is 0.426 e. The third kappa shape index (κ3) is 3.97. The van der Waals surface area contributed by atoms with Gasteiger partial charge in [-0.1, -0.05) is 74.1 Å². The monoisotopic (exact) mass is 450 g/mol. The zero-order valence-corrected chi connectivity index (χ0v) is 18.4. The van der Waals surface area contributed by atoms with E-state index in [4.69, 9.17) is 16.3 Å². The summed E-state index contributed by atoms with van der Waals surface area (Å²) in [5.74, 6) is -1.68. The van der Waals surface area contributed by atoms with E-state index in [0.717, 1.165) is 37.3 Å². The number of halogens is 4. The van der Waals surface area contributed by atoms with Gasteiger partial charge in [0.15, 0.2) is 0 Å². The number of carbonyl (C=O) groups excluding carboxylic acids is 1. The predicted octanol–water partition coefficient (Wildman–Crippen LogP) is 6.97. The van der Waals surface area contributed by atoms with Crippen LogP contribution in [0.25, 0.3) is 0 Å². The lowest BCUT2D eigenvalue weighted by Crippen LogP contribution is -2.27. The van der Waals surface area contributed by atoms with Crippen molar-refractivity contribution in [1.82, 2.24) is 0 Å². The second kappa shape index (κ2) is 7.84. The first-order valence-electron chi connectivity index (χ1n) is 10.6. The first-order chi connectivity index (χ1) is 14.6. The first-order valence-corrected chi connectivity index (χ1v) is 11.0. The lowest BCUT2D eigenvalue weighted by molar-refractivity contribution is -0.145. The largest absolute Gasteiger partial charge is 0.461 e. The SMILES string of the molecule is CC1(C)[C@H](C(=O)OCC2=C3CCCC=C4C=CC=CC43CC=C2)[C@@H]1C=C(Cl)C(F)(F)F. The highest BCUT2D eigenvalue weighted by atomic mass is 35.5. The van der Waals surface area contributed by atoms with Crippen molar-refractivity contribution >= 4 is 17.6 Å². The van der Waals surface area contributed by atoms with Gasteiger partial charge in [0.2, 0.25) is 0 Å². The molecule has 0 heterocycles. The minimum Gasteiger partial charge on any atom is -0.461 e. The van der Waals surface area contributed by atoms with Crippen LogP contribution >= 0.6 is 11.6 Å². The van der Waals surface area contributed by atoms with E-state index in [1.165, 1.54) is 11.1 Å². The molecule has 31 heavy (non-hydrogen) atoms. The average Bonchev–Trinajstić information content (AvgIpc) is 3.31. The van der Waals surface area contributed by atoms with E-state index < -0.39 is 34.4 Å². The fourth-order valence-electron chi connectivity index (χ4n) is 5.22. The van der Waals surface area contributed by atoms with Gasteiger partial charge in [-0.15, -0.1) is 0 Å². The van der Waals surface area contributed by atoms with Crippen molar-refractivity contribution < 1.29 is 22.7 Å². The van der Waals surface area contributed by atoms with Crippen LogP contribution in [0.5, 0.6) is 0 Å². The van der Waals surface area contributed by atoms with Gasteiger partial charge in [0.1, 0.15) is 11.6 Å². The minimum absolute atomic E-state index is 0.132. The zero-order valence-electron chi connectivity index (χ0n) is 17.6. The number of allylic oxidation sites excluding steroid dienone is 10. The Labute approximate surface area is 185 Å². The van der Waals surface area contributed by atoms with E-state index in [9.17, 15) is 18.0 Å². The number of ether oxygens (including phenoxy) is 1. The number of alkyl halides is 3. The van der Waals surface area contributed by atoms with Crippen LogP contribution in [0.4, 0.5) is 13.2 Å². The average molecular weight is 451 g/mol. The smallest absolute Gasteiger partial charge is 0.426 e. The van der Waals surface area contributed by atoms with Gasteiger partial charge in [-0.3, -0.25) is 4.79 Å². The third-order valence-corrected chi connectivity index (χ3v) is 7.43. The number of hydrogen-bond acceptors (Lipinski definition) is 2. The molecule has 1 fully saturated rings. The van der Waals surface area contributed by atoms with E-state index >= 15 is 0 Å². The van der Waals surface area contributed by atoms with Crippen LogP contribution in [-0.4, -0.2) is 18.8 Å². The molecule has 0 radical (unpaired) electrons. The normalized spacial score (nSPS) is 31.5. The molecule has 3 atom stereocenters. The molecule has 1 spiro atoms. The maximum absolute atomic E-state index is 12.8. The molecule has 0 aliphatic heterocycles. The fraction of sp³-hybridized carbons (Fsp3) is 0.480. The molecule has 1 saturated carbocycles. The van der Waals surface area contributed by atoms with Gasteiger partial charge in [0.05, 0.1) is 5.92 Å². The van der Waals surface area contributed by atoms with Crippen LogP contribution in [0.2, 0.25) is 0 Å². The van der Waals surface area contributed by atoms with Gasteiger partial charge >= 0.3 is 12.1 Å². The second-order valence-corrected chi connectivity index (χ2v) is 9.70. The molecule has 0 saturated heterocycles. The number of rotatable bonds is 4. The lowest BCUT2D eigenvalue weighted by atomic mass is 9.65. The minimum atomic E-state index is -4.60. The van der Waals surface area contributed by atoms with Crippen molar-refractivity contribution in [3.05, 3.63) is 70.4 Å². The van der Waals surface area contributed by atoms with E-state index in [2.05, 4.69) is 30.4 Å². The summed E-state index contributed by atoms with van der Waals surface area (Å²) >= 11 is 5.39. The molecule has 1 unspecified atom stereocenters. The molecule has 0 aromatic carbocycles. The third-order valence-electron chi connectivity index (χ3n) is 7.09. The molecule has 4 aliphatic rings. The Kier molecular flexibility index (Phi) is 5.61. The molecule has 4 rings (SSSR count). The zero-order chi connectivity index (χ0) is 22.4. The molecule has 6 heteroatoms. The highest BCUT2D eigenvalue weighted by Crippen LogP contribution is 2.60. The van der Waals surface area contributed by atoms with Gasteiger partial charge in [0.25, 0.3) is 0 Å². The summed E-state index contributed by atoms with van der Waals surface area (Å²) in [5.41, 5.74) is 2.77. The van der Waals surface area contributed by atoms with Gasteiger partial charge in [-0.25, -0.2) is 0 Å². The summed E-state index contributed by atoms with van der Waals surface area (Å²) in [7, 11) is 0. The number of hydrogen-bond donors (Lipinski definition) is 0. The highest BCUT2D eigenvalue weighted by Gasteiger charge is 2.62. The molecule has 0 aromatic heterocycles.